The molecule has 0 aromatic heterocycles. The van der Waals surface area contributed by atoms with Crippen molar-refractivity contribution in [3.63, 3.8) is 0 Å². The van der Waals surface area contributed by atoms with Gasteiger partial charge in [-0.15, -0.1) is 0 Å². The van der Waals surface area contributed by atoms with Gasteiger partial charge in [0.2, 0.25) is 0 Å². The molecule has 0 fully saturated rings. The van der Waals surface area contributed by atoms with E-state index in [1.54, 1.807) is 0 Å². The van der Waals surface area contributed by atoms with Gasteiger partial charge in [-0.3, -0.25) is 19.3 Å². The third-order valence-electron chi connectivity index (χ3n) is 1.08. The van der Waals surface area contributed by atoms with E-state index in [4.69, 9.17) is 25.2 Å². The van der Waals surface area contributed by atoms with Gasteiger partial charge in [0, 0.05) is 5.97 Å². The summed E-state index contributed by atoms with van der Waals surface area (Å²) in [5.41, 5.74) is 0. The maximum Gasteiger partial charge on any atom is 1.00 e. The van der Waals surface area contributed by atoms with Crippen molar-refractivity contribution in [3.05, 3.63) is 0 Å². The molecule has 0 bridgehead atoms. The van der Waals surface area contributed by atoms with Gasteiger partial charge in [-0.05, 0) is 6.92 Å². The smallest absolute Gasteiger partial charge is 0.550 e. The number of nitrogens with zero attached hydrogens (tertiary/aromatic N) is 1. The topological polar surface area (TPSA) is 155 Å². The Bertz CT molecular complexity index is 263. The largest absolute Gasteiger partial charge is 1.00 e. The summed E-state index contributed by atoms with van der Waals surface area (Å²) < 4.78 is 0. The molecule has 0 unspecified atom stereocenters. The van der Waals surface area contributed by atoms with Crippen LogP contribution in [0.15, 0.2) is 0 Å². The molecule has 0 rings (SSSR count). The Morgan fingerprint density at radius 1 is 0.889 bits per heavy atom. The maximum atomic E-state index is 10.1. The zero-order valence-electron chi connectivity index (χ0n) is 9.95. The first-order valence-corrected chi connectivity index (χ1v) is 4.20. The van der Waals surface area contributed by atoms with Crippen molar-refractivity contribution in [2.75, 3.05) is 19.6 Å². The van der Waals surface area contributed by atoms with E-state index in [0.717, 1.165) is 11.8 Å². The van der Waals surface area contributed by atoms with Crippen molar-refractivity contribution in [2.24, 2.45) is 0 Å². The van der Waals surface area contributed by atoms with Crippen LogP contribution in [0.4, 0.5) is 0 Å². The van der Waals surface area contributed by atoms with Crippen molar-refractivity contribution < 1.29 is 69.2 Å². The summed E-state index contributed by atoms with van der Waals surface area (Å²) in [6.45, 7) is -0.824. The quantitative estimate of drug-likeness (QED) is 0.401. The molecule has 10 heteroatoms. The average Bonchev–Trinajstić information content (AvgIpc) is 1.96. The summed E-state index contributed by atoms with van der Waals surface area (Å²) in [6.07, 6.45) is 0. The Hall–Kier alpha value is -1.16. The molecule has 0 aliphatic carbocycles. The van der Waals surface area contributed by atoms with Crippen LogP contribution in [0, 0.1) is 0 Å². The first-order valence-electron chi connectivity index (χ1n) is 4.20. The van der Waals surface area contributed by atoms with Crippen LogP contribution >= 0.6 is 0 Å². The number of aliphatic carboxylic acids is 4. The molecule has 0 saturated carbocycles. The third kappa shape index (κ3) is 24.2. The molecule has 0 heterocycles. The Morgan fingerprint density at radius 3 is 1.17 bits per heavy atom. The number of carbonyl (C=O) groups is 4. The third-order valence-corrected chi connectivity index (χ3v) is 1.08. The average molecular weight is 273 g/mol. The van der Waals surface area contributed by atoms with Crippen LogP contribution in [0.1, 0.15) is 6.92 Å². The van der Waals surface area contributed by atoms with E-state index in [1.165, 1.54) is 0 Å². The monoisotopic (exact) mass is 273 g/mol. The molecule has 0 aliphatic heterocycles. The second-order valence-corrected chi connectivity index (χ2v) is 2.82. The minimum absolute atomic E-state index is 0. The fraction of sp³-hybridized carbons (Fsp3) is 0.500. The van der Waals surface area contributed by atoms with E-state index in [0.29, 0.717) is 0 Å². The Kier molecular flexibility index (Phi) is 15.1. The molecule has 98 valence electrons. The van der Waals surface area contributed by atoms with Gasteiger partial charge >= 0.3 is 47.5 Å². The van der Waals surface area contributed by atoms with E-state index < -0.39 is 43.5 Å². The molecule has 0 aromatic rings. The van der Waals surface area contributed by atoms with E-state index in [2.05, 4.69) is 0 Å². The molecule has 0 aliphatic rings. The molecule has 0 atom stereocenters. The van der Waals surface area contributed by atoms with Crippen LogP contribution in [-0.2, 0) is 19.2 Å². The molecule has 0 amide bonds. The number of hydrogen-bond acceptors (Lipinski definition) is 6. The number of rotatable bonds is 6. The summed E-state index contributed by atoms with van der Waals surface area (Å²) in [5, 5.41) is 33.7. The molecular weight excluding hydrogens is 261 g/mol. The summed E-state index contributed by atoms with van der Waals surface area (Å²) in [5.74, 6) is -4.87. The standard InChI is InChI=1S/C6H9NO6.C2H4O2.Na/c8-4(9)1-7(2-5(10)11)3-6(12)13;1-2(3)4;/h1-3H2,(H,8,9)(H,10,11)(H,12,13);1H3,(H,3,4);/q;;+1/p-1. The van der Waals surface area contributed by atoms with Gasteiger partial charge in [0.05, 0.1) is 19.6 Å². The van der Waals surface area contributed by atoms with Gasteiger partial charge in [-0.2, -0.15) is 0 Å². The minimum atomic E-state index is -1.26. The van der Waals surface area contributed by atoms with Crippen molar-refractivity contribution in [1.82, 2.24) is 4.90 Å². The zero-order valence-corrected chi connectivity index (χ0v) is 12.0. The molecule has 3 N–H and O–H groups in total. The van der Waals surface area contributed by atoms with E-state index >= 15 is 0 Å². The fourth-order valence-electron chi connectivity index (χ4n) is 0.742. The van der Waals surface area contributed by atoms with Crippen LogP contribution in [0.5, 0.6) is 0 Å². The number of carbonyl (C=O) groups excluding carboxylic acids is 1. The number of carboxylic acid groups (broad SMARTS) is 4. The number of hydrogen-bond donors (Lipinski definition) is 3. The molecular formula is C8H12NNaO8. The maximum absolute atomic E-state index is 10.1. The van der Waals surface area contributed by atoms with E-state index in [9.17, 15) is 14.4 Å². The molecule has 0 aromatic carbocycles. The fourth-order valence-corrected chi connectivity index (χ4v) is 0.742. The molecule has 9 nitrogen and oxygen atoms in total. The van der Waals surface area contributed by atoms with Crippen molar-refractivity contribution in [1.29, 1.82) is 0 Å². The molecule has 0 saturated heterocycles. The van der Waals surface area contributed by atoms with Gasteiger partial charge in [-0.25, -0.2) is 0 Å². The van der Waals surface area contributed by atoms with Crippen LogP contribution < -0.4 is 34.7 Å². The zero-order chi connectivity index (χ0) is 14.0. The molecule has 0 spiro atoms. The second-order valence-electron chi connectivity index (χ2n) is 2.82. The van der Waals surface area contributed by atoms with E-state index in [1.807, 2.05) is 0 Å². The van der Waals surface area contributed by atoms with Crippen molar-refractivity contribution >= 4 is 23.9 Å². The van der Waals surface area contributed by atoms with Gasteiger partial charge in [0.1, 0.15) is 0 Å². The van der Waals surface area contributed by atoms with Crippen LogP contribution in [0.25, 0.3) is 0 Å². The van der Waals surface area contributed by atoms with Gasteiger partial charge in [0.15, 0.2) is 0 Å². The summed E-state index contributed by atoms with van der Waals surface area (Å²) in [6, 6.07) is 0. The first kappa shape index (κ1) is 22.1. The molecule has 0 radical (unpaired) electrons. The normalized spacial score (nSPS) is 8.56. The van der Waals surface area contributed by atoms with E-state index in [-0.39, 0.29) is 29.6 Å². The van der Waals surface area contributed by atoms with Crippen LogP contribution in [0.2, 0.25) is 0 Å². The predicted octanol–water partition coefficient (Wildman–Crippen LogP) is -5.70. The van der Waals surface area contributed by atoms with Crippen LogP contribution in [-0.4, -0.2) is 63.7 Å². The number of carboxylic acids is 4. The van der Waals surface area contributed by atoms with Gasteiger partial charge in [-0.1, -0.05) is 0 Å². The second kappa shape index (κ2) is 12.3. The Balaban J connectivity index is -0.000000392. The predicted molar refractivity (Wildman–Crippen MR) is 50.0 cm³/mol. The van der Waals surface area contributed by atoms with Gasteiger partial charge < -0.3 is 25.2 Å². The molecule has 18 heavy (non-hydrogen) atoms. The van der Waals surface area contributed by atoms with Crippen molar-refractivity contribution in [3.8, 4) is 0 Å². The van der Waals surface area contributed by atoms with Crippen molar-refractivity contribution in [2.45, 2.75) is 6.92 Å². The Labute approximate surface area is 124 Å². The summed E-state index contributed by atoms with van der Waals surface area (Å²) in [4.78, 5) is 40.1. The minimum Gasteiger partial charge on any atom is -0.550 e. The SMILES string of the molecule is CC(=O)[O-].O=C(O)CN(CC(=O)O)CC(=O)O.[Na+]. The first-order chi connectivity index (χ1) is 7.65. The van der Waals surface area contributed by atoms with Crippen LogP contribution in [0.3, 0.4) is 0 Å². The summed E-state index contributed by atoms with van der Waals surface area (Å²) >= 11 is 0. The summed E-state index contributed by atoms with van der Waals surface area (Å²) in [7, 11) is 0. The van der Waals surface area contributed by atoms with Gasteiger partial charge in [0.25, 0.3) is 0 Å². The Morgan fingerprint density at radius 2 is 1.06 bits per heavy atom.